The number of fused-ring (bicyclic) bond motifs is 1. The van der Waals surface area contributed by atoms with Crippen molar-refractivity contribution in [2.24, 2.45) is 0 Å². The molecule has 1 aromatic heterocycles. The van der Waals surface area contributed by atoms with Crippen molar-refractivity contribution in [2.45, 2.75) is 6.61 Å². The first kappa shape index (κ1) is 20.0. The smallest absolute Gasteiger partial charge is 0.141 e. The van der Waals surface area contributed by atoms with Gasteiger partial charge in [-0.1, -0.05) is 36.9 Å². The van der Waals surface area contributed by atoms with Gasteiger partial charge in [0.25, 0.3) is 0 Å². The van der Waals surface area contributed by atoms with Crippen molar-refractivity contribution in [3.8, 4) is 0 Å². The second-order valence-electron chi connectivity index (χ2n) is 6.55. The van der Waals surface area contributed by atoms with Gasteiger partial charge in [-0.25, -0.2) is 14.4 Å². The minimum absolute atomic E-state index is 0.275. The second-order valence-corrected chi connectivity index (χ2v) is 7.41. The van der Waals surface area contributed by atoms with Gasteiger partial charge in [0.1, 0.15) is 18.0 Å². The fraction of sp³-hybridized carbons (Fsp3) is 0.0435. The van der Waals surface area contributed by atoms with E-state index in [0.717, 1.165) is 32.2 Å². The summed E-state index contributed by atoms with van der Waals surface area (Å²) in [6.45, 7) is 4.32. The van der Waals surface area contributed by atoms with E-state index in [0.29, 0.717) is 11.5 Å². The number of hydroxylamine groups is 1. The van der Waals surface area contributed by atoms with Gasteiger partial charge < -0.3 is 5.32 Å². The van der Waals surface area contributed by atoms with Gasteiger partial charge in [0.2, 0.25) is 0 Å². The molecule has 0 aliphatic carbocycles. The van der Waals surface area contributed by atoms with Crippen LogP contribution < -0.4 is 10.8 Å². The summed E-state index contributed by atoms with van der Waals surface area (Å²) < 4.78 is 13.9. The van der Waals surface area contributed by atoms with E-state index in [1.807, 2.05) is 42.5 Å². The van der Waals surface area contributed by atoms with E-state index in [1.54, 1.807) is 12.1 Å². The van der Waals surface area contributed by atoms with Crippen molar-refractivity contribution >= 4 is 44.0 Å². The Morgan fingerprint density at radius 1 is 1.03 bits per heavy atom. The van der Waals surface area contributed by atoms with Crippen molar-refractivity contribution in [2.75, 3.05) is 5.32 Å². The Hall–Kier alpha value is -3.29. The number of benzene rings is 3. The Labute approximate surface area is 181 Å². The van der Waals surface area contributed by atoms with E-state index in [2.05, 4.69) is 43.3 Å². The Kier molecular flexibility index (Phi) is 6.02. The highest BCUT2D eigenvalue weighted by Gasteiger charge is 2.09. The number of anilines is 2. The third kappa shape index (κ3) is 4.64. The van der Waals surface area contributed by atoms with Crippen molar-refractivity contribution in [3.05, 3.63) is 101 Å². The standard InChI is InChI=1S/C23H18BrFN4O/c1-15(29-30-13-16-6-9-18(25)10-7-16)17-8-11-20(24)22(12-17)28-23-19-4-2-3-5-21(19)26-14-27-23/h2-12,14,29H,1,13H2,(H,26,27,28). The molecule has 0 amide bonds. The molecule has 1 heterocycles. The van der Waals surface area contributed by atoms with Gasteiger partial charge in [-0.2, -0.15) is 0 Å². The maximum atomic E-state index is 13.0. The number of hydrogen-bond donors (Lipinski definition) is 2. The Balaban J connectivity index is 1.47. The van der Waals surface area contributed by atoms with Gasteiger partial charge in [-0.15, -0.1) is 0 Å². The number of rotatable bonds is 7. The van der Waals surface area contributed by atoms with Crippen LogP contribution >= 0.6 is 15.9 Å². The SMILES string of the molecule is C=C(NOCc1ccc(F)cc1)c1ccc(Br)c(Nc2ncnc3ccccc23)c1. The van der Waals surface area contributed by atoms with Crippen LogP contribution in [0, 0.1) is 5.82 Å². The first-order chi connectivity index (χ1) is 14.6. The van der Waals surface area contributed by atoms with Gasteiger partial charge in [-0.3, -0.25) is 10.3 Å². The second kappa shape index (κ2) is 9.02. The fourth-order valence-corrected chi connectivity index (χ4v) is 3.23. The lowest BCUT2D eigenvalue weighted by Gasteiger charge is -2.14. The predicted octanol–water partition coefficient (Wildman–Crippen LogP) is 5.97. The molecule has 30 heavy (non-hydrogen) atoms. The monoisotopic (exact) mass is 464 g/mol. The lowest BCUT2D eigenvalue weighted by atomic mass is 10.1. The third-order valence-corrected chi connectivity index (χ3v) is 5.15. The van der Waals surface area contributed by atoms with Crippen molar-refractivity contribution in [1.29, 1.82) is 0 Å². The van der Waals surface area contributed by atoms with Gasteiger partial charge in [0.15, 0.2) is 0 Å². The van der Waals surface area contributed by atoms with Crippen LogP contribution in [-0.2, 0) is 11.4 Å². The highest BCUT2D eigenvalue weighted by atomic mass is 79.9. The zero-order valence-electron chi connectivity index (χ0n) is 15.9. The minimum Gasteiger partial charge on any atom is -0.339 e. The number of halogens is 2. The van der Waals surface area contributed by atoms with Gasteiger partial charge >= 0.3 is 0 Å². The number of nitrogens with zero attached hydrogens (tertiary/aromatic N) is 2. The van der Waals surface area contributed by atoms with Crippen molar-refractivity contribution in [1.82, 2.24) is 15.4 Å². The molecule has 150 valence electrons. The normalized spacial score (nSPS) is 10.7. The van der Waals surface area contributed by atoms with Crippen LogP contribution in [0.15, 0.2) is 84.1 Å². The molecular formula is C23H18BrFN4O. The molecule has 0 fully saturated rings. The van der Waals surface area contributed by atoms with Crippen LogP contribution in [0.2, 0.25) is 0 Å². The first-order valence-electron chi connectivity index (χ1n) is 9.18. The molecular weight excluding hydrogens is 447 g/mol. The highest BCUT2D eigenvalue weighted by molar-refractivity contribution is 9.10. The van der Waals surface area contributed by atoms with E-state index in [9.17, 15) is 4.39 Å². The molecule has 0 aliphatic rings. The highest BCUT2D eigenvalue weighted by Crippen LogP contribution is 2.30. The van der Waals surface area contributed by atoms with Gasteiger partial charge in [0, 0.05) is 15.4 Å². The molecule has 7 heteroatoms. The number of para-hydroxylation sites is 1. The molecule has 4 aromatic rings. The summed E-state index contributed by atoms with van der Waals surface area (Å²) in [7, 11) is 0. The fourth-order valence-electron chi connectivity index (χ4n) is 2.89. The maximum Gasteiger partial charge on any atom is 0.141 e. The molecule has 0 saturated carbocycles. The Morgan fingerprint density at radius 2 is 1.83 bits per heavy atom. The van der Waals surface area contributed by atoms with Crippen molar-refractivity contribution in [3.63, 3.8) is 0 Å². The topological polar surface area (TPSA) is 59.1 Å². The maximum absolute atomic E-state index is 13.0. The molecule has 2 N–H and O–H groups in total. The zero-order chi connectivity index (χ0) is 20.9. The lowest BCUT2D eigenvalue weighted by Crippen LogP contribution is -2.12. The summed E-state index contributed by atoms with van der Waals surface area (Å²) in [6, 6.07) is 19.7. The van der Waals surface area contributed by atoms with Crippen molar-refractivity contribution < 1.29 is 9.23 Å². The van der Waals surface area contributed by atoms with Crippen LogP contribution in [-0.4, -0.2) is 9.97 Å². The molecule has 4 rings (SSSR count). The van der Waals surface area contributed by atoms with Crippen LogP contribution in [0.1, 0.15) is 11.1 Å². The van der Waals surface area contributed by atoms with E-state index in [1.165, 1.54) is 18.5 Å². The molecule has 0 unspecified atom stereocenters. The molecule has 0 radical (unpaired) electrons. The average Bonchev–Trinajstić information content (AvgIpc) is 2.77. The average molecular weight is 465 g/mol. The van der Waals surface area contributed by atoms with E-state index in [4.69, 9.17) is 4.84 Å². The van der Waals surface area contributed by atoms with Crippen LogP contribution in [0.4, 0.5) is 15.9 Å². The van der Waals surface area contributed by atoms with Gasteiger partial charge in [0.05, 0.1) is 23.5 Å². The summed E-state index contributed by atoms with van der Waals surface area (Å²) in [4.78, 5) is 14.2. The number of nitrogens with one attached hydrogen (secondary N) is 2. The predicted molar refractivity (Wildman–Crippen MR) is 120 cm³/mol. The van der Waals surface area contributed by atoms with E-state index >= 15 is 0 Å². The lowest BCUT2D eigenvalue weighted by molar-refractivity contribution is 0.0648. The van der Waals surface area contributed by atoms with Crippen LogP contribution in [0.25, 0.3) is 16.6 Å². The Morgan fingerprint density at radius 3 is 2.67 bits per heavy atom. The molecule has 0 aliphatic heterocycles. The molecule has 5 nitrogen and oxygen atoms in total. The summed E-state index contributed by atoms with van der Waals surface area (Å²) in [5.74, 6) is 0.437. The summed E-state index contributed by atoms with van der Waals surface area (Å²) in [5.41, 5.74) is 6.84. The van der Waals surface area contributed by atoms with E-state index < -0.39 is 0 Å². The van der Waals surface area contributed by atoms with Gasteiger partial charge in [-0.05, 0) is 57.9 Å². The first-order valence-corrected chi connectivity index (χ1v) is 9.97. The van der Waals surface area contributed by atoms with Crippen LogP contribution in [0.3, 0.4) is 0 Å². The number of hydrogen-bond acceptors (Lipinski definition) is 5. The zero-order valence-corrected chi connectivity index (χ0v) is 17.5. The van der Waals surface area contributed by atoms with E-state index in [-0.39, 0.29) is 12.4 Å². The molecule has 0 spiro atoms. The summed E-state index contributed by atoms with van der Waals surface area (Å²) in [6.07, 6.45) is 1.53. The molecule has 0 atom stereocenters. The quantitative estimate of drug-likeness (QED) is 0.330. The third-order valence-electron chi connectivity index (χ3n) is 4.46. The summed E-state index contributed by atoms with van der Waals surface area (Å²) in [5, 5.41) is 4.28. The van der Waals surface area contributed by atoms with Crippen LogP contribution in [0.5, 0.6) is 0 Å². The Bertz CT molecular complexity index is 1190. The molecule has 3 aromatic carbocycles. The number of aromatic nitrogens is 2. The molecule has 0 bridgehead atoms. The largest absolute Gasteiger partial charge is 0.339 e. The summed E-state index contributed by atoms with van der Waals surface area (Å²) >= 11 is 3.57. The minimum atomic E-state index is -0.275. The molecule has 0 saturated heterocycles.